The van der Waals surface area contributed by atoms with Gasteiger partial charge in [0.25, 0.3) is 0 Å². The summed E-state index contributed by atoms with van der Waals surface area (Å²) in [5.41, 5.74) is -5.68. The molecule has 2 fully saturated rings. The van der Waals surface area contributed by atoms with Crippen LogP contribution in [0.15, 0.2) is 24.5 Å². The SMILES string of the molecule is C=C[C@@]1(C)C[C@@H](O)[C@@H]2[C@@]3(C)C=C(OC(C)=O)C(=O)C(C)(C)[C@@H]3C[C@@H](OC(C)=O)[C@@]2(O)C1=O. The summed E-state index contributed by atoms with van der Waals surface area (Å²) in [4.78, 5) is 50.4. The van der Waals surface area contributed by atoms with Gasteiger partial charge in [0.2, 0.25) is 5.78 Å². The summed E-state index contributed by atoms with van der Waals surface area (Å²) in [5.74, 6) is -4.18. The van der Waals surface area contributed by atoms with E-state index >= 15 is 0 Å². The van der Waals surface area contributed by atoms with Crippen molar-refractivity contribution in [2.24, 2.45) is 28.1 Å². The van der Waals surface area contributed by atoms with Crippen LogP contribution in [0.1, 0.15) is 54.4 Å². The van der Waals surface area contributed by atoms with E-state index < -0.39 is 69.4 Å². The molecule has 3 aliphatic rings. The Morgan fingerprint density at radius 2 is 1.75 bits per heavy atom. The number of aliphatic hydroxyl groups excluding tert-OH is 1. The number of ketones is 2. The van der Waals surface area contributed by atoms with Gasteiger partial charge in [-0.2, -0.15) is 0 Å². The highest BCUT2D eigenvalue weighted by molar-refractivity contribution is 6.01. The molecule has 7 atom stereocenters. The summed E-state index contributed by atoms with van der Waals surface area (Å²) >= 11 is 0. The third-order valence-corrected chi connectivity index (χ3v) is 7.87. The lowest BCUT2D eigenvalue weighted by molar-refractivity contribution is -0.248. The molecule has 0 spiro atoms. The van der Waals surface area contributed by atoms with Crippen molar-refractivity contribution in [3.8, 4) is 0 Å². The Bertz CT molecular complexity index is 932. The molecule has 8 nitrogen and oxygen atoms in total. The van der Waals surface area contributed by atoms with E-state index in [1.54, 1.807) is 27.7 Å². The number of aliphatic hydroxyl groups is 2. The molecule has 176 valence electrons. The van der Waals surface area contributed by atoms with Gasteiger partial charge >= 0.3 is 11.9 Å². The molecule has 32 heavy (non-hydrogen) atoms. The largest absolute Gasteiger partial charge is 0.459 e. The summed E-state index contributed by atoms with van der Waals surface area (Å²) in [7, 11) is 0. The van der Waals surface area contributed by atoms with Crippen molar-refractivity contribution < 1.29 is 38.9 Å². The molecule has 0 aromatic heterocycles. The van der Waals surface area contributed by atoms with Gasteiger partial charge in [0.1, 0.15) is 6.10 Å². The summed E-state index contributed by atoms with van der Waals surface area (Å²) in [6.45, 7) is 12.8. The van der Waals surface area contributed by atoms with E-state index in [9.17, 15) is 29.4 Å². The third-order valence-electron chi connectivity index (χ3n) is 7.87. The average Bonchev–Trinajstić information content (AvgIpc) is 2.65. The highest BCUT2D eigenvalue weighted by atomic mass is 16.6. The summed E-state index contributed by atoms with van der Waals surface area (Å²) < 4.78 is 10.7. The van der Waals surface area contributed by atoms with E-state index in [2.05, 4.69) is 6.58 Å². The minimum atomic E-state index is -2.23. The van der Waals surface area contributed by atoms with Gasteiger partial charge in [-0.05, 0) is 31.8 Å². The third kappa shape index (κ3) is 3.18. The fourth-order valence-corrected chi connectivity index (χ4v) is 6.47. The van der Waals surface area contributed by atoms with Crippen molar-refractivity contribution in [3.63, 3.8) is 0 Å². The molecule has 0 radical (unpaired) electrons. The zero-order chi connectivity index (χ0) is 24.4. The number of hydrogen-bond donors (Lipinski definition) is 2. The van der Waals surface area contributed by atoms with Crippen LogP contribution in [0.2, 0.25) is 0 Å². The first kappa shape index (κ1) is 24.3. The number of allylic oxidation sites excluding steroid dienone is 3. The molecule has 0 aliphatic heterocycles. The molecular formula is C24H32O8. The van der Waals surface area contributed by atoms with Crippen LogP contribution in [0.5, 0.6) is 0 Å². The van der Waals surface area contributed by atoms with Crippen LogP contribution >= 0.6 is 0 Å². The van der Waals surface area contributed by atoms with Crippen molar-refractivity contribution in [2.45, 2.75) is 72.2 Å². The highest BCUT2D eigenvalue weighted by Crippen LogP contribution is 2.64. The van der Waals surface area contributed by atoms with Crippen LogP contribution in [-0.2, 0) is 28.7 Å². The van der Waals surface area contributed by atoms with Crippen molar-refractivity contribution in [1.82, 2.24) is 0 Å². The van der Waals surface area contributed by atoms with Gasteiger partial charge in [0.05, 0.1) is 6.10 Å². The van der Waals surface area contributed by atoms with E-state index in [1.807, 2.05) is 0 Å². The van der Waals surface area contributed by atoms with Gasteiger partial charge in [0.15, 0.2) is 17.1 Å². The fourth-order valence-electron chi connectivity index (χ4n) is 6.47. The van der Waals surface area contributed by atoms with Crippen LogP contribution in [0.3, 0.4) is 0 Å². The summed E-state index contributed by atoms with van der Waals surface area (Å²) in [5, 5.41) is 23.2. The van der Waals surface area contributed by atoms with Crippen molar-refractivity contribution in [2.75, 3.05) is 0 Å². The molecule has 3 aliphatic carbocycles. The summed E-state index contributed by atoms with van der Waals surface area (Å²) in [6, 6.07) is 0. The normalized spacial score (nSPS) is 42.8. The van der Waals surface area contributed by atoms with E-state index in [4.69, 9.17) is 9.47 Å². The number of carbonyl (C=O) groups excluding carboxylic acids is 4. The lowest BCUT2D eigenvalue weighted by Crippen LogP contribution is -2.75. The van der Waals surface area contributed by atoms with Gasteiger partial charge in [-0.1, -0.05) is 26.8 Å². The molecule has 0 bridgehead atoms. The highest BCUT2D eigenvalue weighted by Gasteiger charge is 2.73. The zero-order valence-electron chi connectivity index (χ0n) is 19.4. The quantitative estimate of drug-likeness (QED) is 0.495. The van der Waals surface area contributed by atoms with E-state index in [0.717, 1.165) is 0 Å². The van der Waals surface area contributed by atoms with Crippen LogP contribution in [0, 0.1) is 28.1 Å². The number of Topliss-reactive ketones (excluding diaryl/α,β-unsaturated/α-hetero) is 2. The summed E-state index contributed by atoms with van der Waals surface area (Å²) in [6.07, 6.45) is 0.408. The van der Waals surface area contributed by atoms with E-state index in [1.165, 1.54) is 26.0 Å². The second-order valence-corrected chi connectivity index (χ2v) is 10.4. The maximum absolute atomic E-state index is 13.7. The first-order chi connectivity index (χ1) is 14.6. The predicted octanol–water partition coefficient (Wildman–Crippen LogP) is 1.87. The molecule has 0 heterocycles. The molecule has 0 unspecified atom stereocenters. The van der Waals surface area contributed by atoms with Crippen molar-refractivity contribution >= 4 is 23.5 Å². The Morgan fingerprint density at radius 3 is 2.25 bits per heavy atom. The van der Waals surface area contributed by atoms with Crippen molar-refractivity contribution in [1.29, 1.82) is 0 Å². The predicted molar refractivity (Wildman–Crippen MR) is 113 cm³/mol. The monoisotopic (exact) mass is 448 g/mol. The topological polar surface area (TPSA) is 127 Å². The number of fused-ring (bicyclic) bond motifs is 3. The molecule has 0 aromatic rings. The van der Waals surface area contributed by atoms with Gasteiger partial charge in [-0.3, -0.25) is 19.2 Å². The van der Waals surface area contributed by atoms with Crippen LogP contribution in [0.4, 0.5) is 0 Å². The minimum absolute atomic E-state index is 0.00251. The lowest BCUT2D eigenvalue weighted by Gasteiger charge is -2.64. The second kappa shape index (κ2) is 7.35. The number of ether oxygens (including phenoxy) is 2. The first-order valence-electron chi connectivity index (χ1n) is 10.8. The Kier molecular flexibility index (Phi) is 5.59. The Labute approximate surface area is 187 Å². The lowest BCUT2D eigenvalue weighted by atomic mass is 9.41. The standard InChI is InChI=1S/C24H32O8/c1-8-22(6)10-14(27)18-23(7)11-15(31-12(2)25)19(28)21(4,5)16(23)9-17(32-13(3)26)24(18,30)20(22)29/h8,11,14,16-18,27,30H,1,9-10H2,2-7H3/t14-,16+,17-,18-,22+,23+,24+/m1/s1. The van der Waals surface area contributed by atoms with E-state index in [0.29, 0.717) is 0 Å². The van der Waals surface area contributed by atoms with Gasteiger partial charge in [-0.25, -0.2) is 0 Å². The molecule has 0 saturated heterocycles. The van der Waals surface area contributed by atoms with Crippen LogP contribution < -0.4 is 0 Å². The first-order valence-corrected chi connectivity index (χ1v) is 10.8. The van der Waals surface area contributed by atoms with Crippen molar-refractivity contribution in [3.05, 3.63) is 24.5 Å². The average molecular weight is 449 g/mol. The number of rotatable bonds is 3. The molecule has 8 heteroatoms. The Hall–Kier alpha value is -2.32. The smallest absolute Gasteiger partial charge is 0.308 e. The molecule has 2 saturated carbocycles. The second-order valence-electron chi connectivity index (χ2n) is 10.4. The minimum Gasteiger partial charge on any atom is -0.459 e. The van der Waals surface area contributed by atoms with Gasteiger partial charge < -0.3 is 19.7 Å². The maximum atomic E-state index is 13.7. The fraction of sp³-hybridized carbons (Fsp3) is 0.667. The molecule has 0 amide bonds. The van der Waals surface area contributed by atoms with E-state index in [-0.39, 0.29) is 18.6 Å². The number of esters is 2. The van der Waals surface area contributed by atoms with Gasteiger partial charge in [0, 0.05) is 36.0 Å². The van der Waals surface area contributed by atoms with Crippen LogP contribution in [0.25, 0.3) is 0 Å². The Morgan fingerprint density at radius 1 is 1.16 bits per heavy atom. The molecular weight excluding hydrogens is 416 g/mol. The number of hydrogen-bond acceptors (Lipinski definition) is 8. The Balaban J connectivity index is 2.30. The zero-order valence-corrected chi connectivity index (χ0v) is 19.4. The molecule has 3 rings (SSSR count). The molecule has 2 N–H and O–H groups in total. The van der Waals surface area contributed by atoms with Gasteiger partial charge in [-0.15, -0.1) is 6.58 Å². The molecule has 0 aromatic carbocycles. The van der Waals surface area contributed by atoms with Crippen LogP contribution in [-0.4, -0.2) is 51.5 Å². The maximum Gasteiger partial charge on any atom is 0.308 e. The number of carbonyl (C=O) groups is 4.